The monoisotopic (exact) mass is 976 g/mol. The molecule has 16 nitrogen and oxygen atoms in total. The lowest BCUT2D eigenvalue weighted by atomic mass is 9.78. The lowest BCUT2D eigenvalue weighted by molar-refractivity contribution is -0.155. The SMILES string of the molecule is CCn1c(-c2cccnc2[C@H](C)OC)c2c3cc(ccc31)-c1csc(n1)C[C@H](NC(=O)C(C(C)C)N1CCC3(CN(C(=O)C#CC(C)(C)N(C)C)C3)C1=O)C(=O)N1CCC[C@H](N1)C(=O)OCC(C)(C)C2. The Morgan fingerprint density at radius 1 is 1.11 bits per heavy atom. The Hall–Kier alpha value is -5.67. The van der Waals surface area contributed by atoms with Crippen LogP contribution in [0.15, 0.2) is 41.9 Å². The highest BCUT2D eigenvalue weighted by atomic mass is 32.1. The summed E-state index contributed by atoms with van der Waals surface area (Å²) in [7, 11) is 5.49. The van der Waals surface area contributed by atoms with E-state index in [9.17, 15) is 24.0 Å². The number of aryl methyl sites for hydroxylation is 1. The number of hydrogen-bond donors (Lipinski definition) is 2. The van der Waals surface area contributed by atoms with E-state index in [1.807, 2.05) is 65.1 Å². The number of cyclic esters (lactones) is 1. The predicted octanol–water partition coefficient (Wildman–Crippen LogP) is 5.63. The first-order valence-electron chi connectivity index (χ1n) is 24.6. The molecule has 0 aliphatic carbocycles. The smallest absolute Gasteiger partial charge is 0.324 e. The third kappa shape index (κ3) is 9.84. The summed E-state index contributed by atoms with van der Waals surface area (Å²) in [5.74, 6) is 3.67. The van der Waals surface area contributed by atoms with Crippen LogP contribution in [0.1, 0.15) is 97.0 Å². The number of hydrogen-bond acceptors (Lipinski definition) is 12. The molecule has 17 heteroatoms. The summed E-state index contributed by atoms with van der Waals surface area (Å²) in [6.45, 7) is 17.9. The zero-order valence-electron chi connectivity index (χ0n) is 42.6. The normalized spacial score (nSPS) is 21.3. The number of esters is 1. The van der Waals surface area contributed by atoms with Crippen LogP contribution in [-0.4, -0.2) is 141 Å². The van der Waals surface area contributed by atoms with Crippen LogP contribution >= 0.6 is 11.3 Å². The number of rotatable bonds is 9. The molecule has 70 heavy (non-hydrogen) atoms. The van der Waals surface area contributed by atoms with Crippen LogP contribution in [0.3, 0.4) is 0 Å². The highest BCUT2D eigenvalue weighted by Crippen LogP contribution is 2.44. The van der Waals surface area contributed by atoms with Gasteiger partial charge < -0.3 is 29.2 Å². The summed E-state index contributed by atoms with van der Waals surface area (Å²) in [4.78, 5) is 85.8. The van der Waals surface area contributed by atoms with Gasteiger partial charge in [0.1, 0.15) is 18.1 Å². The molecule has 0 radical (unpaired) electrons. The van der Waals surface area contributed by atoms with Gasteiger partial charge in [-0.3, -0.25) is 38.9 Å². The molecule has 7 heterocycles. The Labute approximate surface area is 415 Å². The maximum absolute atomic E-state index is 14.7. The Balaban J connectivity index is 1.11. The molecule has 3 saturated heterocycles. The number of amides is 4. The van der Waals surface area contributed by atoms with Gasteiger partial charge in [-0.15, -0.1) is 11.3 Å². The first-order chi connectivity index (χ1) is 33.2. The van der Waals surface area contributed by atoms with E-state index in [1.165, 1.54) is 16.3 Å². The number of aromatic nitrogens is 3. The van der Waals surface area contributed by atoms with Gasteiger partial charge in [0.05, 0.1) is 45.8 Å². The highest BCUT2D eigenvalue weighted by molar-refractivity contribution is 7.10. The lowest BCUT2D eigenvalue weighted by Crippen LogP contribution is -2.64. The van der Waals surface area contributed by atoms with Crippen LogP contribution in [0, 0.1) is 28.6 Å². The van der Waals surface area contributed by atoms with Crippen molar-refractivity contribution >= 4 is 51.8 Å². The van der Waals surface area contributed by atoms with E-state index < -0.39 is 52.3 Å². The molecular formula is C53H69N9O7S. The molecule has 4 aliphatic rings. The van der Waals surface area contributed by atoms with E-state index in [2.05, 4.69) is 72.2 Å². The lowest BCUT2D eigenvalue weighted by Gasteiger charge is -2.46. The minimum Gasteiger partial charge on any atom is -0.464 e. The van der Waals surface area contributed by atoms with Crippen LogP contribution in [0.25, 0.3) is 33.4 Å². The zero-order chi connectivity index (χ0) is 50.4. The number of nitrogens with one attached hydrogen (secondary N) is 2. The number of fused-ring (bicyclic) bond motifs is 6. The molecule has 8 rings (SSSR count). The van der Waals surface area contributed by atoms with Crippen molar-refractivity contribution in [2.45, 2.75) is 124 Å². The van der Waals surface area contributed by atoms with Crippen LogP contribution in [-0.2, 0) is 52.8 Å². The zero-order valence-corrected chi connectivity index (χ0v) is 43.4. The van der Waals surface area contributed by atoms with Crippen LogP contribution in [0.2, 0.25) is 0 Å². The second-order valence-electron chi connectivity index (χ2n) is 21.4. The van der Waals surface area contributed by atoms with Gasteiger partial charge in [0.2, 0.25) is 11.8 Å². The number of methoxy groups -OCH3 is 1. The molecule has 4 atom stereocenters. The predicted molar refractivity (Wildman–Crippen MR) is 269 cm³/mol. The van der Waals surface area contributed by atoms with Crippen molar-refractivity contribution in [3.8, 4) is 34.4 Å². The Morgan fingerprint density at radius 2 is 1.87 bits per heavy atom. The molecule has 3 fully saturated rings. The summed E-state index contributed by atoms with van der Waals surface area (Å²) in [6, 6.07) is 7.66. The molecule has 4 amide bonds. The Bertz CT molecular complexity index is 2740. The van der Waals surface area contributed by atoms with Gasteiger partial charge in [0.15, 0.2) is 0 Å². The van der Waals surface area contributed by atoms with Crippen molar-refractivity contribution in [3.63, 3.8) is 0 Å². The number of carbonyl (C=O) groups excluding carboxylic acids is 5. The van der Waals surface area contributed by atoms with Crippen molar-refractivity contribution in [2.24, 2.45) is 16.7 Å². The first kappa shape index (κ1) is 50.7. The number of thiazole rings is 1. The first-order valence-corrected chi connectivity index (χ1v) is 25.5. The molecule has 2 N–H and O–H groups in total. The van der Waals surface area contributed by atoms with Crippen molar-refractivity contribution < 1.29 is 33.4 Å². The van der Waals surface area contributed by atoms with Crippen molar-refractivity contribution in [1.82, 2.24) is 45.0 Å². The standard InChI is InChI=1S/C53H69N9O7S/c1-12-60-41-18-17-34-25-36(41)37(46(60)35-15-13-22-54-44(35)33(4)68-11)27-51(5,6)31-69-49(66)38-16-14-23-62(57-38)48(65)39(26-42-55-40(34)28-70-42)56-47(64)45(32(2)3)61-24-21-53(50(61)67)29-59(30-53)43(63)19-20-52(7,8)58(9)10/h13,15,17-18,22,25,28,32-33,38-39,45,57H,12,14,16,21,23-24,26-27,29-31H2,1-11H3,(H,56,64)/t33-,38-,39-,45?/m0/s1. The third-order valence-electron chi connectivity index (χ3n) is 14.8. The van der Waals surface area contributed by atoms with Crippen molar-refractivity contribution in [3.05, 3.63) is 58.2 Å². The van der Waals surface area contributed by atoms with E-state index in [4.69, 9.17) is 19.4 Å². The van der Waals surface area contributed by atoms with Gasteiger partial charge in [-0.05, 0) is 109 Å². The molecule has 374 valence electrons. The number of hydrazine groups is 1. The Kier molecular flexibility index (Phi) is 14.4. The Morgan fingerprint density at radius 3 is 2.57 bits per heavy atom. The van der Waals surface area contributed by atoms with Gasteiger partial charge in [-0.1, -0.05) is 39.7 Å². The fourth-order valence-electron chi connectivity index (χ4n) is 10.3. The van der Waals surface area contributed by atoms with Crippen LogP contribution < -0.4 is 10.7 Å². The summed E-state index contributed by atoms with van der Waals surface area (Å²) < 4.78 is 14.3. The summed E-state index contributed by atoms with van der Waals surface area (Å²) in [5.41, 5.74) is 7.98. The topological polar surface area (TPSA) is 172 Å². The largest absolute Gasteiger partial charge is 0.464 e. The van der Waals surface area contributed by atoms with Gasteiger partial charge in [0, 0.05) is 85.3 Å². The van der Waals surface area contributed by atoms with Crippen molar-refractivity contribution in [2.75, 3.05) is 54.0 Å². The second kappa shape index (κ2) is 19.9. The van der Waals surface area contributed by atoms with Crippen LogP contribution in [0.4, 0.5) is 0 Å². The van der Waals surface area contributed by atoms with Crippen molar-refractivity contribution in [1.29, 1.82) is 0 Å². The maximum Gasteiger partial charge on any atom is 0.324 e. The minimum absolute atomic E-state index is 0.0769. The molecule has 6 bridgehead atoms. The van der Waals surface area contributed by atoms with Gasteiger partial charge in [0.25, 0.3) is 11.8 Å². The van der Waals surface area contributed by atoms with Gasteiger partial charge in [-0.2, -0.15) is 0 Å². The van der Waals surface area contributed by atoms with E-state index in [-0.39, 0.29) is 50.0 Å². The quantitative estimate of drug-likeness (QED) is 0.157. The molecule has 1 aromatic carbocycles. The number of carbonyl (C=O) groups is 5. The maximum atomic E-state index is 14.7. The number of nitrogens with zero attached hydrogens (tertiary/aromatic N) is 7. The third-order valence-corrected chi connectivity index (χ3v) is 15.7. The average Bonchev–Trinajstić information content (AvgIpc) is 4.02. The number of benzene rings is 1. The van der Waals surface area contributed by atoms with E-state index in [0.29, 0.717) is 50.3 Å². The molecule has 0 saturated carbocycles. The fraction of sp³-hybridized carbons (Fsp3) is 0.566. The van der Waals surface area contributed by atoms with E-state index >= 15 is 0 Å². The molecule has 1 spiro atoms. The average molecular weight is 976 g/mol. The number of likely N-dealkylation sites (tertiary alicyclic amines) is 2. The number of pyridine rings is 1. The van der Waals surface area contributed by atoms with Gasteiger partial charge in [-0.25, -0.2) is 10.4 Å². The molecule has 3 aromatic heterocycles. The van der Waals surface area contributed by atoms with E-state index in [0.717, 1.165) is 44.7 Å². The molecule has 4 aromatic rings. The summed E-state index contributed by atoms with van der Waals surface area (Å²) in [5, 5.41) is 8.17. The molecule has 1 unspecified atom stereocenters. The summed E-state index contributed by atoms with van der Waals surface area (Å²) in [6.07, 6.45) is 3.68. The highest BCUT2D eigenvalue weighted by Gasteiger charge is 2.58. The fourth-order valence-corrected chi connectivity index (χ4v) is 11.1. The second-order valence-corrected chi connectivity index (χ2v) is 22.3. The minimum atomic E-state index is -1.08. The molecule has 4 aliphatic heterocycles. The van der Waals surface area contributed by atoms with E-state index in [1.54, 1.807) is 23.1 Å². The summed E-state index contributed by atoms with van der Waals surface area (Å²) >= 11 is 1.41. The van der Waals surface area contributed by atoms with Crippen LogP contribution in [0.5, 0.6) is 0 Å². The molecular weight excluding hydrogens is 907 g/mol. The van der Waals surface area contributed by atoms with Gasteiger partial charge >= 0.3 is 5.97 Å². The number of ether oxygens (including phenoxy) is 2.